The van der Waals surface area contributed by atoms with Gasteiger partial charge in [-0.2, -0.15) is 13.2 Å². The van der Waals surface area contributed by atoms with Crippen molar-refractivity contribution in [3.05, 3.63) is 58.6 Å². The van der Waals surface area contributed by atoms with E-state index in [0.717, 1.165) is 12.1 Å². The van der Waals surface area contributed by atoms with Crippen LogP contribution in [-0.2, 0) is 15.8 Å². The average molecular weight is 369 g/mol. The third-order valence-electron chi connectivity index (χ3n) is 3.86. The smallest absolute Gasteiger partial charge is 0.326 e. The summed E-state index contributed by atoms with van der Waals surface area (Å²) < 4.78 is 38.8. The molecule has 2 amide bonds. The summed E-state index contributed by atoms with van der Waals surface area (Å²) in [5.41, 5.74) is 0.0644. The third kappa shape index (κ3) is 3.61. The third-order valence-corrected chi connectivity index (χ3v) is 4.19. The quantitative estimate of drug-likeness (QED) is 0.824. The van der Waals surface area contributed by atoms with Crippen LogP contribution in [0.15, 0.2) is 42.5 Å². The average Bonchev–Trinajstić information content (AvgIpc) is 2.54. The lowest BCUT2D eigenvalue weighted by Crippen LogP contribution is -2.30. The predicted octanol–water partition coefficient (Wildman–Crippen LogP) is 4.42. The lowest BCUT2D eigenvalue weighted by Gasteiger charge is -2.25. The number of nitrogens with one attached hydrogen (secondary N) is 2. The molecule has 2 aromatic carbocycles. The lowest BCUT2D eigenvalue weighted by molar-refractivity contribution is -0.137. The van der Waals surface area contributed by atoms with Gasteiger partial charge in [-0.15, -0.1) is 0 Å². The van der Waals surface area contributed by atoms with Gasteiger partial charge in [-0.05, 0) is 29.8 Å². The van der Waals surface area contributed by atoms with Crippen molar-refractivity contribution in [2.45, 2.75) is 18.5 Å². The fourth-order valence-corrected chi connectivity index (χ4v) is 2.92. The van der Waals surface area contributed by atoms with Crippen LogP contribution in [0, 0.1) is 0 Å². The maximum atomic E-state index is 12.9. The molecule has 0 aliphatic carbocycles. The molecule has 2 aromatic rings. The molecule has 0 radical (unpaired) electrons. The van der Waals surface area contributed by atoms with E-state index >= 15 is 0 Å². The van der Waals surface area contributed by atoms with Crippen LogP contribution in [0.4, 0.5) is 24.5 Å². The second-order valence-corrected chi connectivity index (χ2v) is 5.98. The summed E-state index contributed by atoms with van der Waals surface area (Å²) in [6, 6.07) is 9.93. The number of para-hydroxylation sites is 1. The summed E-state index contributed by atoms with van der Waals surface area (Å²) in [6.07, 6.45) is -4.71. The highest BCUT2D eigenvalue weighted by atomic mass is 35.5. The zero-order valence-electron chi connectivity index (χ0n) is 12.7. The van der Waals surface area contributed by atoms with Gasteiger partial charge in [0.2, 0.25) is 11.8 Å². The second kappa shape index (κ2) is 6.40. The molecule has 0 aromatic heterocycles. The van der Waals surface area contributed by atoms with Gasteiger partial charge in [0.05, 0.1) is 16.5 Å². The van der Waals surface area contributed by atoms with Crippen LogP contribution in [0.5, 0.6) is 0 Å². The van der Waals surface area contributed by atoms with Gasteiger partial charge in [0, 0.05) is 17.8 Å². The predicted molar refractivity (Wildman–Crippen MR) is 87.5 cm³/mol. The molecular weight excluding hydrogens is 357 g/mol. The van der Waals surface area contributed by atoms with E-state index in [0.29, 0.717) is 11.3 Å². The molecule has 0 unspecified atom stereocenters. The minimum Gasteiger partial charge on any atom is -0.326 e. The highest BCUT2D eigenvalue weighted by Crippen LogP contribution is 2.37. The lowest BCUT2D eigenvalue weighted by atomic mass is 9.90. The van der Waals surface area contributed by atoms with Crippen molar-refractivity contribution in [3.63, 3.8) is 0 Å². The second-order valence-electron chi connectivity index (χ2n) is 5.57. The van der Waals surface area contributed by atoms with Crippen molar-refractivity contribution >= 4 is 34.8 Å². The van der Waals surface area contributed by atoms with E-state index in [1.54, 1.807) is 24.3 Å². The van der Waals surface area contributed by atoms with Crippen molar-refractivity contribution in [2.24, 2.45) is 0 Å². The Morgan fingerprint density at radius 1 is 1.20 bits per heavy atom. The molecule has 2 N–H and O–H groups in total. The topological polar surface area (TPSA) is 58.2 Å². The Morgan fingerprint density at radius 3 is 2.64 bits per heavy atom. The van der Waals surface area contributed by atoms with Gasteiger partial charge in [-0.3, -0.25) is 9.59 Å². The molecule has 1 aliphatic heterocycles. The number of amides is 2. The summed E-state index contributed by atoms with van der Waals surface area (Å²) in [5, 5.41) is 4.64. The van der Waals surface area contributed by atoms with E-state index in [1.165, 1.54) is 6.07 Å². The first-order valence-corrected chi connectivity index (χ1v) is 7.70. The molecule has 0 bridgehead atoms. The highest BCUT2D eigenvalue weighted by Gasteiger charge is 2.34. The Kier molecular flexibility index (Phi) is 4.43. The Labute approximate surface area is 146 Å². The molecule has 3 rings (SSSR count). The highest BCUT2D eigenvalue weighted by molar-refractivity contribution is 6.31. The summed E-state index contributed by atoms with van der Waals surface area (Å²) in [5.74, 6) is -1.67. The maximum Gasteiger partial charge on any atom is 0.417 e. The molecular formula is C17H12ClF3N2O2. The van der Waals surface area contributed by atoms with E-state index in [1.807, 2.05) is 0 Å². The normalized spacial score (nSPS) is 16.8. The Morgan fingerprint density at radius 2 is 1.92 bits per heavy atom. The fraction of sp³-hybridized carbons (Fsp3) is 0.176. The zero-order valence-corrected chi connectivity index (χ0v) is 13.4. The first-order chi connectivity index (χ1) is 11.8. The number of hydrogen-bond donors (Lipinski definition) is 2. The summed E-state index contributed by atoms with van der Waals surface area (Å²) in [6.45, 7) is 0. The van der Waals surface area contributed by atoms with Gasteiger partial charge in [0.1, 0.15) is 0 Å². The SMILES string of the molecule is O=C1C[C@@H](C(=O)Nc2ccc(Cl)c(C(F)(F)F)c2)c2ccccc2N1. The molecule has 1 atom stereocenters. The minimum atomic E-state index is -4.63. The molecule has 4 nitrogen and oxygen atoms in total. The molecule has 1 heterocycles. The van der Waals surface area contributed by atoms with E-state index < -0.39 is 28.6 Å². The van der Waals surface area contributed by atoms with Crippen LogP contribution in [-0.4, -0.2) is 11.8 Å². The number of benzene rings is 2. The molecule has 0 fully saturated rings. The number of halogens is 4. The number of anilines is 2. The van der Waals surface area contributed by atoms with Crippen LogP contribution in [0.25, 0.3) is 0 Å². The van der Waals surface area contributed by atoms with E-state index in [4.69, 9.17) is 11.6 Å². The Balaban J connectivity index is 1.87. The maximum absolute atomic E-state index is 12.9. The van der Waals surface area contributed by atoms with Crippen LogP contribution in [0.3, 0.4) is 0 Å². The zero-order chi connectivity index (χ0) is 18.2. The Bertz CT molecular complexity index is 852. The number of fused-ring (bicyclic) bond motifs is 1. The van der Waals surface area contributed by atoms with E-state index in [-0.39, 0.29) is 18.0 Å². The standard InChI is InChI=1S/C17H12ClF3N2O2/c18-13-6-5-9(7-12(13)17(19,20)21)22-16(25)11-8-15(24)23-14-4-2-1-3-10(11)14/h1-7,11H,8H2,(H,22,25)(H,23,24)/t11-/m1/s1. The molecule has 0 spiro atoms. The number of hydrogen-bond acceptors (Lipinski definition) is 2. The molecule has 1 aliphatic rings. The molecule has 8 heteroatoms. The molecule has 25 heavy (non-hydrogen) atoms. The largest absolute Gasteiger partial charge is 0.417 e. The summed E-state index contributed by atoms with van der Waals surface area (Å²) in [4.78, 5) is 24.3. The van der Waals surface area contributed by atoms with Gasteiger partial charge in [-0.25, -0.2) is 0 Å². The van der Waals surface area contributed by atoms with Gasteiger partial charge in [0.25, 0.3) is 0 Å². The van der Waals surface area contributed by atoms with Crippen LogP contribution < -0.4 is 10.6 Å². The van der Waals surface area contributed by atoms with E-state index in [9.17, 15) is 22.8 Å². The van der Waals surface area contributed by atoms with Gasteiger partial charge in [-0.1, -0.05) is 29.8 Å². The van der Waals surface area contributed by atoms with Crippen molar-refractivity contribution in [1.82, 2.24) is 0 Å². The summed E-state index contributed by atoms with van der Waals surface area (Å²) >= 11 is 5.57. The fourth-order valence-electron chi connectivity index (χ4n) is 2.69. The number of carbonyl (C=O) groups is 2. The molecule has 130 valence electrons. The first kappa shape index (κ1) is 17.3. The first-order valence-electron chi connectivity index (χ1n) is 7.32. The van der Waals surface area contributed by atoms with Crippen molar-refractivity contribution in [1.29, 1.82) is 0 Å². The molecule has 0 saturated carbocycles. The van der Waals surface area contributed by atoms with Crippen LogP contribution >= 0.6 is 11.6 Å². The number of alkyl halides is 3. The van der Waals surface area contributed by atoms with Crippen LogP contribution in [0.2, 0.25) is 5.02 Å². The monoisotopic (exact) mass is 368 g/mol. The van der Waals surface area contributed by atoms with Gasteiger partial charge >= 0.3 is 6.18 Å². The van der Waals surface area contributed by atoms with Crippen LogP contribution in [0.1, 0.15) is 23.5 Å². The minimum absolute atomic E-state index is 0.0369. The van der Waals surface area contributed by atoms with Crippen molar-refractivity contribution in [2.75, 3.05) is 10.6 Å². The number of carbonyl (C=O) groups excluding carboxylic acids is 2. The van der Waals surface area contributed by atoms with Gasteiger partial charge < -0.3 is 10.6 Å². The Hall–Kier alpha value is -2.54. The number of rotatable bonds is 2. The van der Waals surface area contributed by atoms with Crippen molar-refractivity contribution in [3.8, 4) is 0 Å². The summed E-state index contributed by atoms with van der Waals surface area (Å²) in [7, 11) is 0. The van der Waals surface area contributed by atoms with E-state index in [2.05, 4.69) is 10.6 Å². The van der Waals surface area contributed by atoms with Crippen molar-refractivity contribution < 1.29 is 22.8 Å². The van der Waals surface area contributed by atoms with Gasteiger partial charge in [0.15, 0.2) is 0 Å². The molecule has 0 saturated heterocycles.